The molecule has 0 radical (unpaired) electrons. The first-order valence-electron chi connectivity index (χ1n) is 7.51. The highest BCUT2D eigenvalue weighted by Gasteiger charge is 2.05. The third-order valence-corrected chi connectivity index (χ3v) is 3.36. The fourth-order valence-electron chi connectivity index (χ4n) is 2.10. The highest BCUT2D eigenvalue weighted by molar-refractivity contribution is 5.93. The van der Waals surface area contributed by atoms with Gasteiger partial charge in [0.15, 0.2) is 0 Å². The molecule has 0 atom stereocenters. The summed E-state index contributed by atoms with van der Waals surface area (Å²) in [5, 5.41) is 2.82. The Kier molecular flexibility index (Phi) is 5.86. The lowest BCUT2D eigenvalue weighted by atomic mass is 10.2. The van der Waals surface area contributed by atoms with Crippen molar-refractivity contribution in [3.63, 3.8) is 0 Å². The van der Waals surface area contributed by atoms with Crippen LogP contribution in [0.25, 0.3) is 0 Å². The molecule has 0 saturated heterocycles. The van der Waals surface area contributed by atoms with Crippen molar-refractivity contribution in [1.29, 1.82) is 0 Å². The second-order valence-electron chi connectivity index (χ2n) is 5.27. The minimum absolute atomic E-state index is 0.0705. The minimum Gasteiger partial charge on any atom is -0.497 e. The first kappa shape index (κ1) is 16.7. The van der Waals surface area contributed by atoms with Gasteiger partial charge in [-0.25, -0.2) is 0 Å². The monoisotopic (exact) mass is 314 g/mol. The number of carbonyl (C=O) groups is 1. The van der Waals surface area contributed by atoms with Crippen LogP contribution in [-0.4, -0.2) is 19.6 Å². The first-order chi connectivity index (χ1) is 11.1. The lowest BCUT2D eigenvalue weighted by Gasteiger charge is -2.09. The number of carbonyl (C=O) groups excluding carboxylic acids is 1. The molecular weight excluding hydrogens is 292 g/mol. The Morgan fingerprint density at radius 2 is 1.83 bits per heavy atom. The molecule has 2 aromatic carbocycles. The third-order valence-electron chi connectivity index (χ3n) is 3.36. The first-order valence-corrected chi connectivity index (χ1v) is 7.51. The van der Waals surface area contributed by atoms with Crippen molar-refractivity contribution in [2.45, 2.75) is 19.8 Å². The zero-order valence-corrected chi connectivity index (χ0v) is 13.5. The largest absolute Gasteiger partial charge is 0.497 e. The van der Waals surface area contributed by atoms with Gasteiger partial charge in [0.1, 0.15) is 11.5 Å². The summed E-state index contributed by atoms with van der Waals surface area (Å²) in [5.74, 6) is 1.47. The normalized spacial score (nSPS) is 10.2. The molecule has 23 heavy (non-hydrogen) atoms. The maximum atomic E-state index is 11.9. The topological polar surface area (TPSA) is 73.6 Å². The minimum atomic E-state index is -0.0705. The molecule has 0 aliphatic rings. The van der Waals surface area contributed by atoms with Crippen molar-refractivity contribution >= 4 is 17.3 Å². The fraction of sp³-hybridized carbons (Fsp3) is 0.278. The van der Waals surface area contributed by atoms with Gasteiger partial charge in [0.2, 0.25) is 5.91 Å². The number of anilines is 2. The maximum Gasteiger partial charge on any atom is 0.224 e. The summed E-state index contributed by atoms with van der Waals surface area (Å²) in [6.45, 7) is 2.43. The van der Waals surface area contributed by atoms with Gasteiger partial charge in [0, 0.05) is 6.42 Å². The molecule has 0 aliphatic heterocycles. The summed E-state index contributed by atoms with van der Waals surface area (Å²) in [7, 11) is 1.62. The second kappa shape index (κ2) is 8.08. The smallest absolute Gasteiger partial charge is 0.224 e. The molecule has 2 aromatic rings. The average molecular weight is 314 g/mol. The second-order valence-corrected chi connectivity index (χ2v) is 5.27. The van der Waals surface area contributed by atoms with Gasteiger partial charge in [0.05, 0.1) is 25.1 Å². The molecule has 5 heteroatoms. The van der Waals surface area contributed by atoms with Gasteiger partial charge in [-0.3, -0.25) is 4.79 Å². The Morgan fingerprint density at radius 3 is 2.48 bits per heavy atom. The molecule has 0 saturated carbocycles. The van der Waals surface area contributed by atoms with E-state index < -0.39 is 0 Å². The average Bonchev–Trinajstić information content (AvgIpc) is 2.55. The Balaban J connectivity index is 1.72. The van der Waals surface area contributed by atoms with Gasteiger partial charge in [-0.05, 0) is 55.3 Å². The molecule has 122 valence electrons. The molecule has 0 heterocycles. The number of nitrogens with one attached hydrogen (secondary N) is 1. The number of nitrogen functional groups attached to an aromatic ring is 1. The standard InChI is InChI=1S/C18H22N2O3/c1-13-5-10-17(16(19)12-13)20-18(21)4-3-11-23-15-8-6-14(22-2)7-9-15/h5-10,12H,3-4,11,19H2,1-2H3,(H,20,21). The molecule has 0 fully saturated rings. The van der Waals surface area contributed by atoms with Crippen molar-refractivity contribution in [1.82, 2.24) is 0 Å². The maximum absolute atomic E-state index is 11.9. The van der Waals surface area contributed by atoms with Crippen LogP contribution in [0.15, 0.2) is 42.5 Å². The molecule has 0 spiro atoms. The molecule has 2 rings (SSSR count). The zero-order chi connectivity index (χ0) is 16.7. The summed E-state index contributed by atoms with van der Waals surface area (Å²) in [6, 6.07) is 12.9. The number of ether oxygens (including phenoxy) is 2. The van der Waals surface area contributed by atoms with Crippen LogP contribution in [0.3, 0.4) is 0 Å². The van der Waals surface area contributed by atoms with Crippen molar-refractivity contribution < 1.29 is 14.3 Å². The van der Waals surface area contributed by atoms with Gasteiger partial charge < -0.3 is 20.5 Å². The van der Waals surface area contributed by atoms with Gasteiger partial charge in [-0.1, -0.05) is 6.07 Å². The molecule has 0 unspecified atom stereocenters. The van der Waals surface area contributed by atoms with Crippen molar-refractivity contribution in [2.24, 2.45) is 0 Å². The Bertz CT molecular complexity index is 654. The highest BCUT2D eigenvalue weighted by atomic mass is 16.5. The molecule has 3 N–H and O–H groups in total. The molecule has 0 bridgehead atoms. The molecule has 0 aromatic heterocycles. The predicted molar refractivity (Wildman–Crippen MR) is 91.9 cm³/mol. The van der Waals surface area contributed by atoms with Gasteiger partial charge >= 0.3 is 0 Å². The Morgan fingerprint density at radius 1 is 1.13 bits per heavy atom. The van der Waals surface area contributed by atoms with Crippen molar-refractivity contribution in [3.8, 4) is 11.5 Å². The van der Waals surface area contributed by atoms with Crippen LogP contribution in [0.2, 0.25) is 0 Å². The van der Waals surface area contributed by atoms with Crippen LogP contribution < -0.4 is 20.5 Å². The SMILES string of the molecule is COc1ccc(OCCCC(=O)Nc2ccc(C)cc2N)cc1. The number of amides is 1. The molecule has 0 aliphatic carbocycles. The van der Waals surface area contributed by atoms with E-state index in [4.69, 9.17) is 15.2 Å². The lowest BCUT2D eigenvalue weighted by Crippen LogP contribution is -2.14. The van der Waals surface area contributed by atoms with Crippen molar-refractivity contribution in [2.75, 3.05) is 24.8 Å². The Labute approximate surface area is 136 Å². The summed E-state index contributed by atoms with van der Waals surface area (Å²) < 4.78 is 10.7. The summed E-state index contributed by atoms with van der Waals surface area (Å²) >= 11 is 0. The fourth-order valence-corrected chi connectivity index (χ4v) is 2.10. The molecule has 1 amide bonds. The van der Waals surface area contributed by atoms with E-state index in [2.05, 4.69) is 5.32 Å². The third kappa shape index (κ3) is 5.21. The van der Waals surface area contributed by atoms with E-state index in [1.807, 2.05) is 49.4 Å². The summed E-state index contributed by atoms with van der Waals surface area (Å²) in [4.78, 5) is 11.9. The van der Waals surface area contributed by atoms with Crippen LogP contribution in [0.5, 0.6) is 11.5 Å². The van der Waals surface area contributed by atoms with E-state index in [1.54, 1.807) is 7.11 Å². The predicted octanol–water partition coefficient (Wildman–Crippen LogP) is 3.38. The number of hydrogen-bond donors (Lipinski definition) is 2. The van der Waals surface area contributed by atoms with E-state index in [-0.39, 0.29) is 5.91 Å². The number of nitrogens with two attached hydrogens (primary N) is 1. The van der Waals surface area contributed by atoms with Crippen LogP contribution in [0.4, 0.5) is 11.4 Å². The van der Waals surface area contributed by atoms with Crippen LogP contribution in [0, 0.1) is 6.92 Å². The van der Waals surface area contributed by atoms with E-state index in [9.17, 15) is 4.79 Å². The number of benzene rings is 2. The molecular formula is C18H22N2O3. The Hall–Kier alpha value is -2.69. The summed E-state index contributed by atoms with van der Waals surface area (Å²) in [6.07, 6.45) is 1.01. The van der Waals surface area contributed by atoms with Gasteiger partial charge in [-0.15, -0.1) is 0 Å². The zero-order valence-electron chi connectivity index (χ0n) is 13.5. The van der Waals surface area contributed by atoms with E-state index in [0.717, 1.165) is 17.1 Å². The van der Waals surface area contributed by atoms with E-state index in [1.165, 1.54) is 0 Å². The van der Waals surface area contributed by atoms with Gasteiger partial charge in [0.25, 0.3) is 0 Å². The van der Waals surface area contributed by atoms with Crippen LogP contribution >= 0.6 is 0 Å². The van der Waals surface area contributed by atoms with Crippen molar-refractivity contribution in [3.05, 3.63) is 48.0 Å². The highest BCUT2D eigenvalue weighted by Crippen LogP contribution is 2.20. The number of aryl methyl sites for hydroxylation is 1. The molecule has 5 nitrogen and oxygen atoms in total. The summed E-state index contributed by atoms with van der Waals surface area (Å²) in [5.41, 5.74) is 8.16. The quantitative estimate of drug-likeness (QED) is 0.607. The van der Waals surface area contributed by atoms with E-state index in [0.29, 0.717) is 30.8 Å². The number of rotatable bonds is 7. The van der Waals surface area contributed by atoms with Gasteiger partial charge in [-0.2, -0.15) is 0 Å². The number of hydrogen-bond acceptors (Lipinski definition) is 4. The van der Waals surface area contributed by atoms with Crippen LogP contribution in [-0.2, 0) is 4.79 Å². The van der Waals surface area contributed by atoms with Crippen LogP contribution in [0.1, 0.15) is 18.4 Å². The lowest BCUT2D eigenvalue weighted by molar-refractivity contribution is -0.116. The van der Waals surface area contributed by atoms with E-state index >= 15 is 0 Å². The number of methoxy groups -OCH3 is 1.